The van der Waals surface area contributed by atoms with Gasteiger partial charge < -0.3 is 15.2 Å². The van der Waals surface area contributed by atoms with Crippen molar-refractivity contribution in [2.45, 2.75) is 31.7 Å². The maximum Gasteiger partial charge on any atom is 0.122 e. The second-order valence-electron chi connectivity index (χ2n) is 5.87. The van der Waals surface area contributed by atoms with Crippen LogP contribution in [0.25, 0.3) is 0 Å². The molecule has 3 rings (SSSR count). The number of hydrogen-bond acceptors (Lipinski definition) is 4. The number of fused-ring (bicyclic) bond motifs is 1. The smallest absolute Gasteiger partial charge is 0.122 e. The first-order valence-electron chi connectivity index (χ1n) is 8.16. The third kappa shape index (κ3) is 3.39. The number of hydrogen-bond donors (Lipinski definition) is 1. The molecular formula is C17H26N2O2. The summed E-state index contributed by atoms with van der Waals surface area (Å²) in [5.74, 6) is 1.07. The molecule has 1 aliphatic carbocycles. The Morgan fingerprint density at radius 2 is 2.14 bits per heavy atom. The van der Waals surface area contributed by atoms with Crippen LogP contribution in [0.1, 0.15) is 36.4 Å². The van der Waals surface area contributed by atoms with Gasteiger partial charge in [0, 0.05) is 19.1 Å². The van der Waals surface area contributed by atoms with Gasteiger partial charge in [-0.2, -0.15) is 0 Å². The zero-order valence-electron chi connectivity index (χ0n) is 12.7. The molecule has 1 aromatic rings. The first-order valence-corrected chi connectivity index (χ1v) is 8.16. The van der Waals surface area contributed by atoms with Crippen LogP contribution in [0.15, 0.2) is 18.2 Å². The van der Waals surface area contributed by atoms with Crippen molar-refractivity contribution in [3.8, 4) is 5.75 Å². The minimum absolute atomic E-state index is 0.538. The van der Waals surface area contributed by atoms with E-state index in [0.717, 1.165) is 51.5 Å². The van der Waals surface area contributed by atoms with Crippen LogP contribution in [0.5, 0.6) is 5.75 Å². The highest BCUT2D eigenvalue weighted by Gasteiger charge is 2.28. The Balaban J connectivity index is 1.78. The lowest BCUT2D eigenvalue weighted by atomic mass is 9.86. The summed E-state index contributed by atoms with van der Waals surface area (Å²) in [5, 5.41) is 0. The van der Waals surface area contributed by atoms with Gasteiger partial charge in [0.05, 0.1) is 19.8 Å². The molecule has 4 heteroatoms. The number of rotatable bonds is 5. The Morgan fingerprint density at radius 1 is 1.29 bits per heavy atom. The minimum Gasteiger partial charge on any atom is -0.493 e. The standard InChI is InChI=1S/C17H26N2O2/c18-8-3-11-21-17-7-2-4-14-15(17)5-1-6-16(14)19-9-12-20-13-10-19/h2,4,7,16H,1,3,5-6,8-13,18H2. The van der Waals surface area contributed by atoms with Crippen molar-refractivity contribution in [3.05, 3.63) is 29.3 Å². The van der Waals surface area contributed by atoms with Crippen LogP contribution < -0.4 is 10.5 Å². The largest absolute Gasteiger partial charge is 0.493 e. The zero-order chi connectivity index (χ0) is 14.5. The molecule has 1 unspecified atom stereocenters. The van der Waals surface area contributed by atoms with Crippen molar-refractivity contribution < 1.29 is 9.47 Å². The van der Waals surface area contributed by atoms with Crippen molar-refractivity contribution >= 4 is 0 Å². The van der Waals surface area contributed by atoms with Crippen LogP contribution in [0.2, 0.25) is 0 Å². The van der Waals surface area contributed by atoms with Gasteiger partial charge in [0.15, 0.2) is 0 Å². The highest BCUT2D eigenvalue weighted by molar-refractivity contribution is 5.43. The van der Waals surface area contributed by atoms with Gasteiger partial charge in [0.1, 0.15) is 5.75 Å². The Hall–Kier alpha value is -1.10. The molecule has 1 aromatic carbocycles. The molecule has 2 aliphatic rings. The van der Waals surface area contributed by atoms with Crippen molar-refractivity contribution in [2.75, 3.05) is 39.5 Å². The Kier molecular flexibility index (Phi) is 5.12. The Labute approximate surface area is 127 Å². The average Bonchev–Trinajstić information content (AvgIpc) is 2.55. The molecule has 0 aromatic heterocycles. The number of nitrogens with two attached hydrogens (primary N) is 1. The fraction of sp³-hybridized carbons (Fsp3) is 0.647. The second kappa shape index (κ2) is 7.25. The molecule has 1 saturated heterocycles. The molecule has 1 heterocycles. The quantitative estimate of drug-likeness (QED) is 0.844. The van der Waals surface area contributed by atoms with Gasteiger partial charge in [-0.1, -0.05) is 12.1 Å². The van der Waals surface area contributed by atoms with Crippen molar-refractivity contribution in [1.29, 1.82) is 0 Å². The molecule has 4 nitrogen and oxygen atoms in total. The molecule has 1 aliphatic heterocycles. The summed E-state index contributed by atoms with van der Waals surface area (Å²) >= 11 is 0. The monoisotopic (exact) mass is 290 g/mol. The number of benzene rings is 1. The van der Waals surface area contributed by atoms with Gasteiger partial charge in [0.2, 0.25) is 0 Å². The van der Waals surface area contributed by atoms with Gasteiger partial charge in [-0.3, -0.25) is 4.90 Å². The van der Waals surface area contributed by atoms with E-state index in [4.69, 9.17) is 15.2 Å². The number of ether oxygens (including phenoxy) is 2. The van der Waals surface area contributed by atoms with E-state index in [1.165, 1.54) is 24.0 Å². The van der Waals surface area contributed by atoms with Gasteiger partial charge in [-0.05, 0) is 49.4 Å². The summed E-state index contributed by atoms with van der Waals surface area (Å²) in [6.07, 6.45) is 4.54. The van der Waals surface area contributed by atoms with Crippen LogP contribution >= 0.6 is 0 Å². The topological polar surface area (TPSA) is 47.7 Å². The third-order valence-electron chi connectivity index (χ3n) is 4.53. The first kappa shape index (κ1) is 14.8. The van der Waals surface area contributed by atoms with Gasteiger partial charge in [-0.25, -0.2) is 0 Å². The number of morpholine rings is 1. The van der Waals surface area contributed by atoms with E-state index in [1.54, 1.807) is 0 Å². The molecule has 0 spiro atoms. The molecule has 21 heavy (non-hydrogen) atoms. The Morgan fingerprint density at radius 3 is 2.95 bits per heavy atom. The lowest BCUT2D eigenvalue weighted by Crippen LogP contribution is -2.40. The maximum absolute atomic E-state index is 5.96. The maximum atomic E-state index is 5.96. The molecule has 1 fully saturated rings. The summed E-state index contributed by atoms with van der Waals surface area (Å²) in [4.78, 5) is 2.57. The summed E-state index contributed by atoms with van der Waals surface area (Å²) in [6.45, 7) is 5.21. The summed E-state index contributed by atoms with van der Waals surface area (Å²) < 4.78 is 11.4. The lowest BCUT2D eigenvalue weighted by Gasteiger charge is -2.38. The van der Waals surface area contributed by atoms with E-state index >= 15 is 0 Å². The fourth-order valence-electron chi connectivity index (χ4n) is 3.46. The number of nitrogens with zero attached hydrogens (tertiary/aromatic N) is 1. The molecule has 116 valence electrons. The predicted octanol–water partition coefficient (Wildman–Crippen LogP) is 2.12. The minimum atomic E-state index is 0.538. The normalized spacial score (nSPS) is 22.8. The zero-order valence-corrected chi connectivity index (χ0v) is 12.7. The van der Waals surface area contributed by atoms with Crippen LogP contribution in [-0.4, -0.2) is 44.4 Å². The van der Waals surface area contributed by atoms with Crippen LogP contribution in [0, 0.1) is 0 Å². The van der Waals surface area contributed by atoms with E-state index in [9.17, 15) is 0 Å². The second-order valence-corrected chi connectivity index (χ2v) is 5.87. The van der Waals surface area contributed by atoms with Crippen molar-refractivity contribution in [1.82, 2.24) is 4.90 Å². The van der Waals surface area contributed by atoms with E-state index in [0.29, 0.717) is 12.6 Å². The van der Waals surface area contributed by atoms with E-state index in [2.05, 4.69) is 23.1 Å². The van der Waals surface area contributed by atoms with Crippen LogP contribution in [0.4, 0.5) is 0 Å². The lowest BCUT2D eigenvalue weighted by molar-refractivity contribution is 0.0123. The van der Waals surface area contributed by atoms with Crippen molar-refractivity contribution in [3.63, 3.8) is 0 Å². The Bertz CT molecular complexity index is 458. The average molecular weight is 290 g/mol. The summed E-state index contributed by atoms with van der Waals surface area (Å²) in [5.41, 5.74) is 8.43. The van der Waals surface area contributed by atoms with Gasteiger partial charge in [0.25, 0.3) is 0 Å². The molecule has 0 radical (unpaired) electrons. The SMILES string of the molecule is NCCCOc1cccc2c1CCCC2N1CCOCC1. The molecule has 2 N–H and O–H groups in total. The van der Waals surface area contributed by atoms with Crippen LogP contribution in [0.3, 0.4) is 0 Å². The molecule has 0 bridgehead atoms. The first-order chi connectivity index (χ1) is 10.4. The highest BCUT2D eigenvalue weighted by Crippen LogP contribution is 2.38. The van der Waals surface area contributed by atoms with E-state index in [-0.39, 0.29) is 0 Å². The van der Waals surface area contributed by atoms with E-state index < -0.39 is 0 Å². The summed E-state index contributed by atoms with van der Waals surface area (Å²) in [6, 6.07) is 7.06. The van der Waals surface area contributed by atoms with Crippen molar-refractivity contribution in [2.24, 2.45) is 5.73 Å². The molecular weight excluding hydrogens is 264 g/mol. The van der Waals surface area contributed by atoms with Gasteiger partial charge in [-0.15, -0.1) is 0 Å². The predicted molar refractivity (Wildman–Crippen MR) is 83.7 cm³/mol. The highest BCUT2D eigenvalue weighted by atomic mass is 16.5. The third-order valence-corrected chi connectivity index (χ3v) is 4.53. The molecule has 0 saturated carbocycles. The van der Waals surface area contributed by atoms with E-state index in [1.807, 2.05) is 0 Å². The fourth-order valence-corrected chi connectivity index (χ4v) is 3.46. The molecule has 0 amide bonds. The summed E-state index contributed by atoms with van der Waals surface area (Å²) in [7, 11) is 0. The van der Waals surface area contributed by atoms with Crippen LogP contribution in [-0.2, 0) is 11.2 Å². The van der Waals surface area contributed by atoms with Gasteiger partial charge >= 0.3 is 0 Å². The molecule has 1 atom stereocenters.